The molecule has 1 aliphatic rings. The van der Waals surface area contributed by atoms with Crippen molar-refractivity contribution in [1.82, 2.24) is 4.90 Å². The number of sulfonamides is 1. The summed E-state index contributed by atoms with van der Waals surface area (Å²) in [5.41, 5.74) is 2.39. The van der Waals surface area contributed by atoms with Crippen molar-refractivity contribution in [2.24, 2.45) is 0 Å². The molecule has 0 saturated carbocycles. The Labute approximate surface area is 193 Å². The highest BCUT2D eigenvalue weighted by Gasteiger charge is 2.26. The van der Waals surface area contributed by atoms with Gasteiger partial charge in [-0.3, -0.25) is 9.52 Å². The molecule has 6 nitrogen and oxygen atoms in total. The third-order valence-electron chi connectivity index (χ3n) is 5.88. The lowest BCUT2D eigenvalue weighted by molar-refractivity contribution is -0.917. The van der Waals surface area contributed by atoms with E-state index < -0.39 is 15.8 Å². The van der Waals surface area contributed by atoms with Gasteiger partial charge in [-0.25, -0.2) is 12.8 Å². The number of rotatable bonds is 6. The summed E-state index contributed by atoms with van der Waals surface area (Å²) in [6.45, 7) is 5.51. The number of amides is 1. The van der Waals surface area contributed by atoms with Crippen molar-refractivity contribution in [3.63, 3.8) is 0 Å². The van der Waals surface area contributed by atoms with Gasteiger partial charge in [-0.2, -0.15) is 0 Å². The Balaban J connectivity index is 1.44. The number of quaternary nitrogens is 1. The topological polar surface area (TPSA) is 70.9 Å². The first kappa shape index (κ1) is 22.9. The Morgan fingerprint density at radius 3 is 2.33 bits per heavy atom. The van der Waals surface area contributed by atoms with Gasteiger partial charge in [0.15, 0.2) is 0 Å². The number of nitrogens with one attached hydrogen (secondary N) is 2. The first-order chi connectivity index (χ1) is 15.8. The van der Waals surface area contributed by atoms with E-state index in [0.29, 0.717) is 24.2 Å². The molecule has 1 heterocycles. The standard InChI is InChI=1S/C25H26FN3O3S/c1-19-7-8-21(17-24(19)33(31,32)27-23-11-9-22(26)10-12-23)25(30)29-15-13-28(14-16-29)18-20-5-3-2-4-6-20/h2-12,17,27H,13-16,18H2,1H3/p+1. The molecule has 0 unspecified atom stereocenters. The van der Waals surface area contributed by atoms with Crippen LogP contribution in [-0.2, 0) is 16.6 Å². The van der Waals surface area contributed by atoms with Gasteiger partial charge in [-0.05, 0) is 48.9 Å². The summed E-state index contributed by atoms with van der Waals surface area (Å²) in [7, 11) is -3.93. The second-order valence-corrected chi connectivity index (χ2v) is 9.95. The highest BCUT2D eigenvalue weighted by atomic mass is 32.2. The number of carbonyl (C=O) groups is 1. The third kappa shape index (κ3) is 5.58. The first-order valence-electron chi connectivity index (χ1n) is 10.9. The number of benzene rings is 3. The molecule has 3 aromatic carbocycles. The maximum Gasteiger partial charge on any atom is 0.262 e. The molecule has 2 N–H and O–H groups in total. The van der Waals surface area contributed by atoms with E-state index in [2.05, 4.69) is 16.9 Å². The number of anilines is 1. The van der Waals surface area contributed by atoms with Crippen LogP contribution < -0.4 is 9.62 Å². The van der Waals surface area contributed by atoms with Crippen molar-refractivity contribution in [3.05, 3.63) is 95.3 Å². The second-order valence-electron chi connectivity index (χ2n) is 8.30. The molecule has 33 heavy (non-hydrogen) atoms. The minimum absolute atomic E-state index is 0.0333. The normalized spacial score (nSPS) is 14.8. The summed E-state index contributed by atoms with van der Waals surface area (Å²) in [6, 6.07) is 20.1. The zero-order valence-electron chi connectivity index (χ0n) is 18.4. The van der Waals surface area contributed by atoms with Gasteiger partial charge >= 0.3 is 0 Å². The SMILES string of the molecule is Cc1ccc(C(=O)N2CC[NH+](Cc3ccccc3)CC2)cc1S(=O)(=O)Nc1ccc(F)cc1. The van der Waals surface area contributed by atoms with Crippen LogP contribution in [0.25, 0.3) is 0 Å². The van der Waals surface area contributed by atoms with Gasteiger partial charge < -0.3 is 9.80 Å². The van der Waals surface area contributed by atoms with Gasteiger partial charge in [0.05, 0.1) is 31.1 Å². The molecule has 8 heteroatoms. The number of nitrogens with zero attached hydrogens (tertiary/aromatic N) is 1. The number of aryl methyl sites for hydroxylation is 1. The fourth-order valence-corrected chi connectivity index (χ4v) is 5.35. The molecule has 0 aromatic heterocycles. The Morgan fingerprint density at radius 2 is 1.67 bits per heavy atom. The van der Waals surface area contributed by atoms with Crippen molar-refractivity contribution < 1.29 is 22.5 Å². The van der Waals surface area contributed by atoms with Crippen molar-refractivity contribution in [2.45, 2.75) is 18.4 Å². The molecule has 0 spiro atoms. The zero-order chi connectivity index (χ0) is 23.4. The Hall–Kier alpha value is -3.23. The molecule has 1 saturated heterocycles. The highest BCUT2D eigenvalue weighted by Crippen LogP contribution is 2.22. The van der Waals surface area contributed by atoms with Crippen molar-refractivity contribution in [1.29, 1.82) is 0 Å². The molecule has 0 bridgehead atoms. The summed E-state index contributed by atoms with van der Waals surface area (Å²) in [5, 5.41) is 0. The van der Waals surface area contributed by atoms with Crippen molar-refractivity contribution in [2.75, 3.05) is 30.9 Å². The second kappa shape index (κ2) is 9.72. The number of halogens is 1. The smallest absolute Gasteiger partial charge is 0.262 e. The van der Waals surface area contributed by atoms with Gasteiger partial charge in [0.1, 0.15) is 12.4 Å². The summed E-state index contributed by atoms with van der Waals surface area (Å²) in [6.07, 6.45) is 0. The summed E-state index contributed by atoms with van der Waals surface area (Å²) in [4.78, 5) is 16.3. The monoisotopic (exact) mass is 468 g/mol. The van der Waals surface area contributed by atoms with E-state index in [9.17, 15) is 17.6 Å². The molecule has 0 atom stereocenters. The van der Waals surface area contributed by atoms with Crippen LogP contribution >= 0.6 is 0 Å². The number of hydrogen-bond acceptors (Lipinski definition) is 3. The van der Waals surface area contributed by atoms with E-state index in [1.54, 1.807) is 24.0 Å². The van der Waals surface area contributed by atoms with E-state index in [1.165, 1.54) is 40.8 Å². The molecule has 1 aliphatic heterocycles. The highest BCUT2D eigenvalue weighted by molar-refractivity contribution is 7.92. The van der Waals surface area contributed by atoms with Crippen LogP contribution in [0.3, 0.4) is 0 Å². The Kier molecular flexibility index (Phi) is 6.76. The minimum atomic E-state index is -3.93. The maximum absolute atomic E-state index is 13.1. The zero-order valence-corrected chi connectivity index (χ0v) is 19.2. The van der Waals surface area contributed by atoms with Gasteiger partial charge in [0, 0.05) is 16.8 Å². The third-order valence-corrected chi connectivity index (χ3v) is 7.40. The quantitative estimate of drug-likeness (QED) is 0.584. The molecule has 0 radical (unpaired) electrons. The fraction of sp³-hybridized carbons (Fsp3) is 0.240. The van der Waals surface area contributed by atoms with E-state index in [-0.39, 0.29) is 16.5 Å². The van der Waals surface area contributed by atoms with Crippen LogP contribution in [0.1, 0.15) is 21.5 Å². The molecular formula is C25H27FN3O3S+. The Morgan fingerprint density at radius 1 is 1.00 bits per heavy atom. The largest absolute Gasteiger partial charge is 0.328 e. The van der Waals surface area contributed by atoms with Crippen molar-refractivity contribution >= 4 is 21.6 Å². The van der Waals surface area contributed by atoms with E-state index in [0.717, 1.165) is 19.6 Å². The predicted molar refractivity (Wildman–Crippen MR) is 125 cm³/mol. The van der Waals surface area contributed by atoms with Gasteiger partial charge in [-0.15, -0.1) is 0 Å². The summed E-state index contributed by atoms with van der Waals surface area (Å²) < 4.78 is 41.5. The van der Waals surface area contributed by atoms with Crippen LogP contribution in [0.5, 0.6) is 0 Å². The molecule has 1 fully saturated rings. The summed E-state index contributed by atoms with van der Waals surface area (Å²) >= 11 is 0. The molecular weight excluding hydrogens is 441 g/mol. The molecule has 3 aromatic rings. The van der Waals surface area contributed by atoms with E-state index in [1.807, 2.05) is 18.2 Å². The van der Waals surface area contributed by atoms with Crippen LogP contribution in [0, 0.1) is 12.7 Å². The lowest BCUT2D eigenvalue weighted by Gasteiger charge is -2.32. The average molecular weight is 469 g/mol. The number of hydrogen-bond donors (Lipinski definition) is 2. The van der Waals surface area contributed by atoms with E-state index >= 15 is 0 Å². The first-order valence-corrected chi connectivity index (χ1v) is 12.4. The lowest BCUT2D eigenvalue weighted by atomic mass is 10.1. The van der Waals surface area contributed by atoms with Crippen LogP contribution in [-0.4, -0.2) is 45.4 Å². The Bertz CT molecular complexity index is 1220. The summed E-state index contributed by atoms with van der Waals surface area (Å²) in [5.74, 6) is -0.626. The fourth-order valence-electron chi connectivity index (χ4n) is 4.02. The van der Waals surface area contributed by atoms with Crippen LogP contribution in [0.4, 0.5) is 10.1 Å². The number of carbonyl (C=O) groups excluding carboxylic acids is 1. The van der Waals surface area contributed by atoms with Gasteiger partial charge in [-0.1, -0.05) is 36.4 Å². The maximum atomic E-state index is 13.1. The van der Waals surface area contributed by atoms with Gasteiger partial charge in [0.2, 0.25) is 0 Å². The van der Waals surface area contributed by atoms with Crippen LogP contribution in [0.2, 0.25) is 0 Å². The lowest BCUT2D eigenvalue weighted by Crippen LogP contribution is -3.13. The van der Waals surface area contributed by atoms with Crippen molar-refractivity contribution in [3.8, 4) is 0 Å². The predicted octanol–water partition coefficient (Wildman–Crippen LogP) is 2.48. The molecule has 1 amide bonds. The molecule has 172 valence electrons. The average Bonchev–Trinajstić information content (AvgIpc) is 2.81. The van der Waals surface area contributed by atoms with E-state index in [4.69, 9.17) is 0 Å². The minimum Gasteiger partial charge on any atom is -0.328 e. The molecule has 0 aliphatic carbocycles. The van der Waals surface area contributed by atoms with Gasteiger partial charge in [0.25, 0.3) is 15.9 Å². The number of piperazine rings is 1. The molecule has 4 rings (SSSR count). The van der Waals surface area contributed by atoms with Crippen LogP contribution in [0.15, 0.2) is 77.7 Å².